The highest BCUT2D eigenvalue weighted by molar-refractivity contribution is 6.08. The first-order valence-corrected chi connectivity index (χ1v) is 7.14. The maximum Gasteiger partial charge on any atom is 0.250 e. The van der Waals surface area contributed by atoms with Crippen molar-refractivity contribution in [2.24, 2.45) is 5.73 Å². The summed E-state index contributed by atoms with van der Waals surface area (Å²) in [7, 11) is 0. The number of morpholine rings is 1. The summed E-state index contributed by atoms with van der Waals surface area (Å²) in [4.78, 5) is 18.2. The first kappa shape index (κ1) is 13.8. The fourth-order valence-electron chi connectivity index (χ4n) is 3.01. The van der Waals surface area contributed by atoms with Gasteiger partial charge in [0.1, 0.15) is 0 Å². The Morgan fingerprint density at radius 2 is 2.00 bits per heavy atom. The summed E-state index contributed by atoms with van der Waals surface area (Å²) in [5.41, 5.74) is 7.64. The maximum atomic E-state index is 11.6. The first-order chi connectivity index (χ1) is 10.1. The number of rotatable bonds is 2. The van der Waals surface area contributed by atoms with Gasteiger partial charge in [0.2, 0.25) is 0 Å². The van der Waals surface area contributed by atoms with E-state index in [-0.39, 0.29) is 12.2 Å². The topological polar surface area (TPSA) is 68.5 Å². The van der Waals surface area contributed by atoms with Gasteiger partial charge in [-0.3, -0.25) is 9.78 Å². The molecule has 2 aromatic rings. The molecule has 1 aliphatic heterocycles. The van der Waals surface area contributed by atoms with Crippen LogP contribution in [0.3, 0.4) is 0 Å². The Morgan fingerprint density at radius 3 is 2.67 bits per heavy atom. The Morgan fingerprint density at radius 1 is 1.29 bits per heavy atom. The van der Waals surface area contributed by atoms with E-state index < -0.39 is 5.91 Å². The number of carbonyl (C=O) groups excluding carboxylic acids is 1. The number of benzene rings is 1. The molecule has 0 unspecified atom stereocenters. The van der Waals surface area contributed by atoms with Crippen molar-refractivity contribution in [2.45, 2.75) is 26.1 Å². The van der Waals surface area contributed by atoms with Gasteiger partial charge in [-0.1, -0.05) is 0 Å². The van der Waals surface area contributed by atoms with Crippen LogP contribution in [-0.2, 0) is 4.74 Å². The van der Waals surface area contributed by atoms with Gasteiger partial charge in [-0.15, -0.1) is 0 Å². The summed E-state index contributed by atoms with van der Waals surface area (Å²) in [5, 5.41) is 0.954. The predicted octanol–water partition coefficient (Wildman–Crippen LogP) is 1.95. The lowest BCUT2D eigenvalue weighted by Gasteiger charge is -2.37. The number of ether oxygens (including phenoxy) is 1. The third kappa shape index (κ3) is 2.56. The number of carbonyl (C=O) groups is 1. The van der Waals surface area contributed by atoms with Crippen molar-refractivity contribution < 1.29 is 9.53 Å². The fraction of sp³-hybridized carbons (Fsp3) is 0.375. The zero-order valence-electron chi connectivity index (χ0n) is 12.2. The smallest absolute Gasteiger partial charge is 0.250 e. The van der Waals surface area contributed by atoms with Gasteiger partial charge in [0, 0.05) is 30.4 Å². The molecule has 0 radical (unpaired) electrons. The molecule has 1 amide bonds. The molecule has 2 N–H and O–H groups in total. The third-order valence-corrected chi connectivity index (χ3v) is 3.77. The highest BCUT2D eigenvalue weighted by Crippen LogP contribution is 2.30. The Labute approximate surface area is 123 Å². The van der Waals surface area contributed by atoms with Crippen molar-refractivity contribution in [3.63, 3.8) is 0 Å². The molecule has 0 saturated carbocycles. The SMILES string of the molecule is C[C@@H]1CN(c2ccc(C(N)=O)c3ncccc23)C[C@H](C)O1. The number of hydrogen-bond acceptors (Lipinski definition) is 4. The lowest BCUT2D eigenvalue weighted by Crippen LogP contribution is -2.45. The van der Waals surface area contributed by atoms with Gasteiger partial charge in [0.05, 0.1) is 23.3 Å². The first-order valence-electron chi connectivity index (χ1n) is 7.14. The van der Waals surface area contributed by atoms with Gasteiger partial charge in [0.25, 0.3) is 5.91 Å². The molecule has 0 aliphatic carbocycles. The Kier molecular flexibility index (Phi) is 3.51. The second kappa shape index (κ2) is 5.33. The number of aromatic nitrogens is 1. The Hall–Kier alpha value is -2.14. The van der Waals surface area contributed by atoms with E-state index in [1.165, 1.54) is 0 Å². The van der Waals surface area contributed by atoms with Crippen molar-refractivity contribution in [3.05, 3.63) is 36.0 Å². The van der Waals surface area contributed by atoms with Gasteiger partial charge in [-0.2, -0.15) is 0 Å². The van der Waals surface area contributed by atoms with Crippen molar-refractivity contribution in [1.29, 1.82) is 0 Å². The van der Waals surface area contributed by atoms with E-state index in [0.29, 0.717) is 11.1 Å². The Balaban J connectivity index is 2.11. The number of fused-ring (bicyclic) bond motifs is 1. The molecule has 1 aromatic carbocycles. The van der Waals surface area contributed by atoms with E-state index in [4.69, 9.17) is 10.5 Å². The van der Waals surface area contributed by atoms with Crippen molar-refractivity contribution in [1.82, 2.24) is 4.98 Å². The van der Waals surface area contributed by atoms with E-state index in [2.05, 4.69) is 23.7 Å². The van der Waals surface area contributed by atoms with Crippen LogP contribution >= 0.6 is 0 Å². The van der Waals surface area contributed by atoms with E-state index in [9.17, 15) is 4.79 Å². The highest BCUT2D eigenvalue weighted by atomic mass is 16.5. The average molecular weight is 285 g/mol. The van der Waals surface area contributed by atoms with E-state index in [1.807, 2.05) is 18.2 Å². The summed E-state index contributed by atoms with van der Waals surface area (Å²) >= 11 is 0. The second-order valence-corrected chi connectivity index (χ2v) is 5.56. The van der Waals surface area contributed by atoms with Crippen molar-refractivity contribution in [2.75, 3.05) is 18.0 Å². The summed E-state index contributed by atoms with van der Waals surface area (Å²) in [5.74, 6) is -0.450. The standard InChI is InChI=1S/C16H19N3O2/c1-10-8-19(9-11(2)21-10)14-6-5-13(16(17)20)15-12(14)4-3-7-18-15/h3-7,10-11H,8-9H2,1-2H3,(H2,17,20)/t10-,11+. The van der Waals surface area contributed by atoms with Crippen LogP contribution in [0.4, 0.5) is 5.69 Å². The van der Waals surface area contributed by atoms with Crippen LogP contribution < -0.4 is 10.6 Å². The Bertz CT molecular complexity index is 676. The molecule has 110 valence electrons. The number of hydrogen-bond donors (Lipinski definition) is 1. The summed E-state index contributed by atoms with van der Waals surface area (Å²) in [6, 6.07) is 7.57. The van der Waals surface area contributed by atoms with E-state index in [0.717, 1.165) is 24.2 Å². The zero-order chi connectivity index (χ0) is 15.0. The molecule has 5 nitrogen and oxygen atoms in total. The van der Waals surface area contributed by atoms with Crippen LogP contribution in [0, 0.1) is 0 Å². The molecule has 1 aliphatic rings. The number of amides is 1. The molecule has 1 aromatic heterocycles. The second-order valence-electron chi connectivity index (χ2n) is 5.56. The van der Waals surface area contributed by atoms with Gasteiger partial charge >= 0.3 is 0 Å². The summed E-state index contributed by atoms with van der Waals surface area (Å²) < 4.78 is 5.78. The van der Waals surface area contributed by atoms with Crippen LogP contribution in [-0.4, -0.2) is 36.2 Å². The zero-order valence-corrected chi connectivity index (χ0v) is 12.2. The largest absolute Gasteiger partial charge is 0.372 e. The normalized spacial score (nSPS) is 22.5. The number of nitrogens with two attached hydrogens (primary N) is 1. The molecule has 5 heteroatoms. The summed E-state index contributed by atoms with van der Waals surface area (Å²) in [6.07, 6.45) is 2.04. The minimum absolute atomic E-state index is 0.177. The molecule has 0 spiro atoms. The molecule has 3 rings (SSSR count). The lowest BCUT2D eigenvalue weighted by atomic mass is 10.1. The van der Waals surface area contributed by atoms with Crippen molar-refractivity contribution in [3.8, 4) is 0 Å². The third-order valence-electron chi connectivity index (χ3n) is 3.77. The molecular weight excluding hydrogens is 266 g/mol. The predicted molar refractivity (Wildman–Crippen MR) is 82.5 cm³/mol. The van der Waals surface area contributed by atoms with Gasteiger partial charge in [-0.25, -0.2) is 0 Å². The quantitative estimate of drug-likeness (QED) is 0.915. The van der Waals surface area contributed by atoms with Crippen LogP contribution in [0.2, 0.25) is 0 Å². The highest BCUT2D eigenvalue weighted by Gasteiger charge is 2.24. The fourth-order valence-corrected chi connectivity index (χ4v) is 3.01. The molecule has 1 fully saturated rings. The van der Waals surface area contributed by atoms with Crippen LogP contribution in [0.5, 0.6) is 0 Å². The number of nitrogens with zero attached hydrogens (tertiary/aromatic N) is 2. The molecular formula is C16H19N3O2. The minimum Gasteiger partial charge on any atom is -0.372 e. The van der Waals surface area contributed by atoms with Crippen molar-refractivity contribution >= 4 is 22.5 Å². The van der Waals surface area contributed by atoms with E-state index in [1.54, 1.807) is 12.3 Å². The van der Waals surface area contributed by atoms with Crippen LogP contribution in [0.1, 0.15) is 24.2 Å². The maximum absolute atomic E-state index is 11.6. The van der Waals surface area contributed by atoms with E-state index >= 15 is 0 Å². The molecule has 2 atom stereocenters. The average Bonchev–Trinajstić information content (AvgIpc) is 2.44. The molecule has 0 bridgehead atoms. The number of anilines is 1. The van der Waals surface area contributed by atoms with Gasteiger partial charge in [0.15, 0.2) is 0 Å². The monoisotopic (exact) mass is 285 g/mol. The molecule has 2 heterocycles. The van der Waals surface area contributed by atoms with Crippen LogP contribution in [0.15, 0.2) is 30.5 Å². The summed E-state index contributed by atoms with van der Waals surface area (Å²) in [6.45, 7) is 5.79. The molecule has 1 saturated heterocycles. The number of primary amides is 1. The lowest BCUT2D eigenvalue weighted by molar-refractivity contribution is -0.00513. The van der Waals surface area contributed by atoms with Crippen LogP contribution in [0.25, 0.3) is 10.9 Å². The number of pyridine rings is 1. The van der Waals surface area contributed by atoms with Gasteiger partial charge < -0.3 is 15.4 Å². The minimum atomic E-state index is -0.450. The van der Waals surface area contributed by atoms with Gasteiger partial charge in [-0.05, 0) is 38.1 Å². The molecule has 21 heavy (non-hydrogen) atoms.